The summed E-state index contributed by atoms with van der Waals surface area (Å²) in [5.74, 6) is -1.03. The fourth-order valence-corrected chi connectivity index (χ4v) is 1.38. The van der Waals surface area contributed by atoms with Gasteiger partial charge in [0.05, 0.1) is 22.5 Å². The van der Waals surface area contributed by atoms with Crippen LogP contribution in [-0.2, 0) is 0 Å². The van der Waals surface area contributed by atoms with Crippen molar-refractivity contribution in [3.8, 4) is 0 Å². The maximum atomic E-state index is 12.6. The number of hydrogen-bond donors (Lipinski definition) is 1. The molecule has 0 atom stereocenters. The molecule has 1 amide bonds. The molecule has 6 heteroatoms. The molecule has 0 aliphatic carbocycles. The number of carbonyl (C=O) groups is 1. The molecule has 0 saturated heterocycles. The van der Waals surface area contributed by atoms with Gasteiger partial charge in [0.25, 0.3) is 5.91 Å². The lowest BCUT2D eigenvalue weighted by atomic mass is 10.2. The van der Waals surface area contributed by atoms with Crippen LogP contribution in [-0.4, -0.2) is 15.9 Å². The van der Waals surface area contributed by atoms with E-state index < -0.39 is 11.9 Å². The SMILES string of the molecule is O=C(Nc1ccc(F)nc1)c1cnccc1Cl. The summed E-state index contributed by atoms with van der Waals surface area (Å²) in [5, 5.41) is 2.83. The molecule has 2 heterocycles. The maximum Gasteiger partial charge on any atom is 0.258 e. The van der Waals surface area contributed by atoms with Crippen LogP contribution in [0.1, 0.15) is 10.4 Å². The summed E-state index contributed by atoms with van der Waals surface area (Å²) in [6.45, 7) is 0. The van der Waals surface area contributed by atoms with E-state index in [1.807, 2.05) is 0 Å². The second kappa shape index (κ2) is 4.88. The fraction of sp³-hybridized carbons (Fsp3) is 0. The quantitative estimate of drug-likeness (QED) is 0.835. The first-order valence-corrected chi connectivity index (χ1v) is 5.07. The van der Waals surface area contributed by atoms with Gasteiger partial charge in [0.1, 0.15) is 0 Å². The van der Waals surface area contributed by atoms with E-state index in [2.05, 4.69) is 15.3 Å². The van der Waals surface area contributed by atoms with Crippen molar-refractivity contribution in [2.75, 3.05) is 5.32 Å². The zero-order chi connectivity index (χ0) is 12.3. The monoisotopic (exact) mass is 251 g/mol. The van der Waals surface area contributed by atoms with E-state index in [0.29, 0.717) is 10.7 Å². The average Bonchev–Trinajstić information content (AvgIpc) is 2.32. The van der Waals surface area contributed by atoms with Gasteiger partial charge < -0.3 is 5.32 Å². The number of amides is 1. The molecule has 17 heavy (non-hydrogen) atoms. The van der Waals surface area contributed by atoms with E-state index in [-0.39, 0.29) is 5.56 Å². The Labute approximate surface area is 101 Å². The van der Waals surface area contributed by atoms with Crippen LogP contribution in [0, 0.1) is 5.95 Å². The van der Waals surface area contributed by atoms with Gasteiger partial charge in [0.15, 0.2) is 0 Å². The van der Waals surface area contributed by atoms with Crippen molar-refractivity contribution in [1.82, 2.24) is 9.97 Å². The van der Waals surface area contributed by atoms with Crippen LogP contribution in [0.3, 0.4) is 0 Å². The van der Waals surface area contributed by atoms with Gasteiger partial charge in [-0.1, -0.05) is 11.6 Å². The third kappa shape index (κ3) is 2.76. The number of aromatic nitrogens is 2. The maximum absolute atomic E-state index is 12.6. The molecule has 0 radical (unpaired) electrons. The summed E-state index contributed by atoms with van der Waals surface area (Å²) in [6, 6.07) is 4.07. The Balaban J connectivity index is 2.17. The molecule has 2 aromatic heterocycles. The molecule has 0 aromatic carbocycles. The normalized spacial score (nSPS) is 10.0. The minimum atomic E-state index is -0.609. The van der Waals surface area contributed by atoms with Crippen molar-refractivity contribution in [3.63, 3.8) is 0 Å². The molecule has 2 aromatic rings. The third-order valence-electron chi connectivity index (χ3n) is 2.00. The van der Waals surface area contributed by atoms with Crippen LogP contribution in [0.2, 0.25) is 5.02 Å². The van der Waals surface area contributed by atoms with Crippen molar-refractivity contribution < 1.29 is 9.18 Å². The highest BCUT2D eigenvalue weighted by atomic mass is 35.5. The van der Waals surface area contributed by atoms with Crippen LogP contribution >= 0.6 is 11.6 Å². The van der Waals surface area contributed by atoms with E-state index in [1.54, 1.807) is 0 Å². The van der Waals surface area contributed by atoms with Crippen LogP contribution in [0.5, 0.6) is 0 Å². The van der Waals surface area contributed by atoms with Crippen LogP contribution in [0.4, 0.5) is 10.1 Å². The lowest BCUT2D eigenvalue weighted by Crippen LogP contribution is -2.13. The number of carbonyl (C=O) groups excluding carboxylic acids is 1. The second-order valence-corrected chi connectivity index (χ2v) is 3.59. The van der Waals surface area contributed by atoms with Crippen molar-refractivity contribution in [1.29, 1.82) is 0 Å². The lowest BCUT2D eigenvalue weighted by Gasteiger charge is -2.05. The largest absolute Gasteiger partial charge is 0.320 e. The summed E-state index contributed by atoms with van der Waals surface area (Å²) < 4.78 is 12.6. The summed E-state index contributed by atoms with van der Waals surface area (Å²) in [6.07, 6.45) is 4.06. The molecule has 0 aliphatic rings. The van der Waals surface area contributed by atoms with Gasteiger partial charge in [-0.15, -0.1) is 0 Å². The van der Waals surface area contributed by atoms with Crippen molar-refractivity contribution in [3.05, 3.63) is 53.3 Å². The molecule has 0 unspecified atom stereocenters. The lowest BCUT2D eigenvalue weighted by molar-refractivity contribution is 0.102. The summed E-state index contributed by atoms with van der Waals surface area (Å²) in [7, 11) is 0. The summed E-state index contributed by atoms with van der Waals surface area (Å²) in [4.78, 5) is 19.0. The van der Waals surface area contributed by atoms with Gasteiger partial charge in [-0.2, -0.15) is 4.39 Å². The minimum absolute atomic E-state index is 0.249. The number of rotatable bonds is 2. The first-order valence-electron chi connectivity index (χ1n) is 4.69. The molecule has 0 fully saturated rings. The summed E-state index contributed by atoms with van der Waals surface area (Å²) in [5.41, 5.74) is 0.634. The first kappa shape index (κ1) is 11.5. The Morgan fingerprint density at radius 1 is 1.29 bits per heavy atom. The van der Waals surface area contributed by atoms with Crippen molar-refractivity contribution >= 4 is 23.2 Å². The van der Waals surface area contributed by atoms with Gasteiger partial charge in [-0.3, -0.25) is 9.78 Å². The zero-order valence-corrected chi connectivity index (χ0v) is 9.28. The zero-order valence-electron chi connectivity index (χ0n) is 8.52. The highest BCUT2D eigenvalue weighted by Crippen LogP contribution is 2.15. The van der Waals surface area contributed by atoms with E-state index >= 15 is 0 Å². The van der Waals surface area contributed by atoms with Gasteiger partial charge in [0, 0.05) is 12.4 Å². The highest BCUT2D eigenvalue weighted by Gasteiger charge is 2.10. The molecule has 0 spiro atoms. The molecule has 2 rings (SSSR count). The number of nitrogens with zero attached hydrogens (tertiary/aromatic N) is 2. The van der Waals surface area contributed by atoms with Crippen LogP contribution < -0.4 is 5.32 Å². The molecular weight excluding hydrogens is 245 g/mol. The van der Waals surface area contributed by atoms with E-state index in [1.165, 1.54) is 30.7 Å². The molecule has 0 saturated carbocycles. The Kier molecular flexibility index (Phi) is 3.30. The third-order valence-corrected chi connectivity index (χ3v) is 2.33. The molecular formula is C11H7ClFN3O. The van der Waals surface area contributed by atoms with Crippen molar-refractivity contribution in [2.24, 2.45) is 0 Å². The molecule has 1 N–H and O–H groups in total. The number of pyridine rings is 2. The molecule has 4 nitrogen and oxygen atoms in total. The number of anilines is 1. The van der Waals surface area contributed by atoms with Gasteiger partial charge in [0.2, 0.25) is 5.95 Å². The second-order valence-electron chi connectivity index (χ2n) is 3.18. The molecule has 0 bridgehead atoms. The highest BCUT2D eigenvalue weighted by molar-refractivity contribution is 6.34. The number of nitrogens with one attached hydrogen (secondary N) is 1. The Morgan fingerprint density at radius 3 is 2.76 bits per heavy atom. The van der Waals surface area contributed by atoms with E-state index in [4.69, 9.17) is 11.6 Å². The Hall–Kier alpha value is -2.01. The predicted molar refractivity (Wildman–Crippen MR) is 61.4 cm³/mol. The van der Waals surface area contributed by atoms with E-state index in [0.717, 1.165) is 6.07 Å². The fourth-order valence-electron chi connectivity index (χ4n) is 1.19. The standard InChI is InChI=1S/C11H7ClFN3O/c12-9-3-4-14-6-8(9)11(17)16-7-1-2-10(13)15-5-7/h1-6H,(H,16,17). The topological polar surface area (TPSA) is 54.9 Å². The Morgan fingerprint density at radius 2 is 2.12 bits per heavy atom. The van der Waals surface area contributed by atoms with Gasteiger partial charge >= 0.3 is 0 Å². The van der Waals surface area contributed by atoms with Crippen molar-refractivity contribution in [2.45, 2.75) is 0 Å². The van der Waals surface area contributed by atoms with E-state index in [9.17, 15) is 9.18 Å². The van der Waals surface area contributed by atoms with Crippen LogP contribution in [0.15, 0.2) is 36.8 Å². The Bertz CT molecular complexity index is 545. The van der Waals surface area contributed by atoms with Gasteiger partial charge in [-0.05, 0) is 18.2 Å². The predicted octanol–water partition coefficient (Wildman–Crippen LogP) is 2.52. The average molecular weight is 252 g/mol. The number of halogens is 2. The number of hydrogen-bond acceptors (Lipinski definition) is 3. The molecule has 0 aliphatic heterocycles. The summed E-state index contributed by atoms with van der Waals surface area (Å²) >= 11 is 5.83. The first-order chi connectivity index (χ1) is 8.16. The molecule has 86 valence electrons. The van der Waals surface area contributed by atoms with Crippen LogP contribution in [0.25, 0.3) is 0 Å². The minimum Gasteiger partial charge on any atom is -0.320 e. The smallest absolute Gasteiger partial charge is 0.258 e. The van der Waals surface area contributed by atoms with Gasteiger partial charge in [-0.25, -0.2) is 4.98 Å².